The van der Waals surface area contributed by atoms with E-state index in [1.54, 1.807) is 18.2 Å². The average Bonchev–Trinajstić information content (AvgIpc) is 3.13. The van der Waals surface area contributed by atoms with Crippen LogP contribution in [0.2, 0.25) is 0 Å². The second kappa shape index (κ2) is 7.37. The Morgan fingerprint density at radius 3 is 2.86 bits per heavy atom. The molecule has 10 heteroatoms. The van der Waals surface area contributed by atoms with Gasteiger partial charge < -0.3 is 14.3 Å². The van der Waals surface area contributed by atoms with Crippen LogP contribution in [0.3, 0.4) is 0 Å². The van der Waals surface area contributed by atoms with E-state index in [-0.39, 0.29) is 32.1 Å². The van der Waals surface area contributed by atoms with Crippen LogP contribution < -0.4 is 14.9 Å². The molecule has 2 fully saturated rings. The quantitative estimate of drug-likeness (QED) is 0.740. The van der Waals surface area contributed by atoms with E-state index in [9.17, 15) is 19.2 Å². The van der Waals surface area contributed by atoms with E-state index in [1.807, 2.05) is 0 Å². The number of carbonyl (C=O) groups is 4. The number of hydrogen-bond donors (Lipinski definition) is 1. The molecule has 148 valence electrons. The summed E-state index contributed by atoms with van der Waals surface area (Å²) in [7, 11) is 0. The van der Waals surface area contributed by atoms with Gasteiger partial charge in [0.05, 0.1) is 13.0 Å². The van der Waals surface area contributed by atoms with Crippen LogP contribution in [0.1, 0.15) is 24.8 Å². The molecule has 4 rings (SSSR count). The number of rotatable bonds is 4. The summed E-state index contributed by atoms with van der Waals surface area (Å²) in [5.74, 6) is 0.537. The highest BCUT2D eigenvalue weighted by molar-refractivity contribution is 5.88. The van der Waals surface area contributed by atoms with Crippen molar-refractivity contribution in [2.75, 3.05) is 19.9 Å². The van der Waals surface area contributed by atoms with Gasteiger partial charge in [0.1, 0.15) is 12.3 Å². The summed E-state index contributed by atoms with van der Waals surface area (Å²) in [6, 6.07) is 3.89. The Kier molecular flexibility index (Phi) is 4.76. The standard InChI is InChI=1S/C18H20N4O6/c23-10-13-2-1-6-21-17(25)5-7-20(18(26)22(13)21)19-16(24)9-12-3-4-14-15(8-12)28-11-27-14/h3-4,8,10,13H,1-2,5-7,9,11H2,(H,19,24)/t13-/m0/s1. The van der Waals surface area contributed by atoms with Crippen LogP contribution in [-0.4, -0.2) is 65.1 Å². The molecule has 0 unspecified atom stereocenters. The number of fused-ring (bicyclic) bond motifs is 2. The predicted octanol–water partition coefficient (Wildman–Crippen LogP) is 0.222. The number of ether oxygens (including phenoxy) is 2. The molecule has 0 saturated carbocycles. The Bertz CT molecular complexity index is 828. The number of nitrogens with one attached hydrogen (secondary N) is 1. The number of urea groups is 1. The first kappa shape index (κ1) is 18.1. The summed E-state index contributed by atoms with van der Waals surface area (Å²) in [5, 5.41) is 3.58. The number of hydrazine groups is 2. The van der Waals surface area contributed by atoms with Crippen molar-refractivity contribution in [1.29, 1.82) is 0 Å². The van der Waals surface area contributed by atoms with E-state index in [0.29, 0.717) is 42.7 Å². The molecule has 0 bridgehead atoms. The van der Waals surface area contributed by atoms with Gasteiger partial charge in [-0.2, -0.15) is 0 Å². The third-order valence-electron chi connectivity index (χ3n) is 4.93. The van der Waals surface area contributed by atoms with Crippen molar-refractivity contribution in [2.24, 2.45) is 0 Å². The summed E-state index contributed by atoms with van der Waals surface area (Å²) >= 11 is 0. The van der Waals surface area contributed by atoms with E-state index < -0.39 is 18.0 Å². The van der Waals surface area contributed by atoms with Gasteiger partial charge in [0.2, 0.25) is 18.6 Å². The highest BCUT2D eigenvalue weighted by atomic mass is 16.7. The van der Waals surface area contributed by atoms with Crippen molar-refractivity contribution in [1.82, 2.24) is 20.5 Å². The minimum Gasteiger partial charge on any atom is -0.454 e. The summed E-state index contributed by atoms with van der Waals surface area (Å²) < 4.78 is 10.5. The van der Waals surface area contributed by atoms with Crippen LogP contribution in [0.25, 0.3) is 0 Å². The van der Waals surface area contributed by atoms with Crippen LogP contribution in [0.4, 0.5) is 4.79 Å². The molecule has 2 saturated heterocycles. The van der Waals surface area contributed by atoms with Gasteiger partial charge in [-0.3, -0.25) is 15.0 Å². The first-order valence-electron chi connectivity index (χ1n) is 9.11. The fourth-order valence-corrected chi connectivity index (χ4v) is 3.56. The number of carbonyl (C=O) groups excluding carboxylic acids is 4. The largest absolute Gasteiger partial charge is 0.454 e. The first-order valence-corrected chi connectivity index (χ1v) is 9.11. The molecule has 10 nitrogen and oxygen atoms in total. The van der Waals surface area contributed by atoms with Crippen LogP contribution in [0, 0.1) is 0 Å². The highest BCUT2D eigenvalue weighted by Gasteiger charge is 2.40. The maximum Gasteiger partial charge on any atom is 0.358 e. The predicted molar refractivity (Wildman–Crippen MR) is 93.8 cm³/mol. The number of nitrogens with zero attached hydrogens (tertiary/aromatic N) is 3. The summed E-state index contributed by atoms with van der Waals surface area (Å²) in [6.07, 6.45) is 1.88. The van der Waals surface area contributed by atoms with Crippen molar-refractivity contribution < 1.29 is 28.7 Å². The highest BCUT2D eigenvalue weighted by Crippen LogP contribution is 2.32. The summed E-state index contributed by atoms with van der Waals surface area (Å²) in [4.78, 5) is 49.1. The molecular weight excluding hydrogens is 368 g/mol. The molecule has 3 aliphatic rings. The number of benzene rings is 1. The lowest BCUT2D eigenvalue weighted by atomic mass is 10.1. The molecule has 1 aromatic carbocycles. The van der Waals surface area contributed by atoms with Gasteiger partial charge in [-0.1, -0.05) is 6.07 Å². The molecule has 3 heterocycles. The van der Waals surface area contributed by atoms with Crippen molar-refractivity contribution in [3.05, 3.63) is 23.8 Å². The van der Waals surface area contributed by atoms with Gasteiger partial charge in [0, 0.05) is 13.0 Å². The molecule has 0 aromatic heterocycles. The van der Waals surface area contributed by atoms with Crippen LogP contribution in [-0.2, 0) is 20.8 Å². The zero-order chi connectivity index (χ0) is 19.7. The third kappa shape index (κ3) is 3.32. The SMILES string of the molecule is O=C[C@@H]1CCCN2C(=O)CCN(NC(=O)Cc3ccc4c(c3)OCO4)C(=O)N12. The fraction of sp³-hybridized carbons (Fsp3) is 0.444. The zero-order valence-electron chi connectivity index (χ0n) is 15.1. The lowest BCUT2D eigenvalue weighted by molar-refractivity contribution is -0.151. The summed E-state index contributed by atoms with van der Waals surface area (Å²) in [5.41, 5.74) is 3.26. The molecule has 1 atom stereocenters. The van der Waals surface area contributed by atoms with Gasteiger partial charge in [0.15, 0.2) is 11.5 Å². The molecule has 0 radical (unpaired) electrons. The maximum atomic E-state index is 12.9. The molecule has 0 spiro atoms. The molecule has 1 N–H and O–H groups in total. The van der Waals surface area contributed by atoms with E-state index >= 15 is 0 Å². The van der Waals surface area contributed by atoms with Crippen molar-refractivity contribution in [3.63, 3.8) is 0 Å². The van der Waals surface area contributed by atoms with Crippen LogP contribution >= 0.6 is 0 Å². The molecule has 0 aliphatic carbocycles. The van der Waals surface area contributed by atoms with E-state index in [0.717, 1.165) is 10.0 Å². The second-order valence-electron chi connectivity index (χ2n) is 6.79. The van der Waals surface area contributed by atoms with Crippen molar-refractivity contribution in [3.8, 4) is 11.5 Å². The Morgan fingerprint density at radius 2 is 2.04 bits per heavy atom. The number of amides is 4. The lowest BCUT2D eigenvalue weighted by Crippen LogP contribution is -2.61. The number of hydrogen-bond acceptors (Lipinski definition) is 6. The molecule has 3 aliphatic heterocycles. The topological polar surface area (TPSA) is 108 Å². The Labute approximate surface area is 160 Å². The van der Waals surface area contributed by atoms with Crippen molar-refractivity contribution in [2.45, 2.75) is 31.7 Å². The maximum absolute atomic E-state index is 12.9. The van der Waals surface area contributed by atoms with Crippen LogP contribution in [0.15, 0.2) is 18.2 Å². The van der Waals surface area contributed by atoms with Gasteiger partial charge in [-0.15, -0.1) is 0 Å². The van der Waals surface area contributed by atoms with Gasteiger partial charge in [0.25, 0.3) is 0 Å². The molecule has 28 heavy (non-hydrogen) atoms. The Hall–Kier alpha value is -3.30. The fourth-order valence-electron chi connectivity index (χ4n) is 3.56. The summed E-state index contributed by atoms with van der Waals surface area (Å²) in [6.45, 7) is 0.572. The Balaban J connectivity index is 1.46. The van der Waals surface area contributed by atoms with Crippen LogP contribution in [0.5, 0.6) is 11.5 Å². The van der Waals surface area contributed by atoms with Gasteiger partial charge in [-0.25, -0.2) is 19.8 Å². The lowest BCUT2D eigenvalue weighted by Gasteiger charge is -2.41. The van der Waals surface area contributed by atoms with Gasteiger partial charge in [-0.05, 0) is 30.5 Å². The Morgan fingerprint density at radius 1 is 1.21 bits per heavy atom. The second-order valence-corrected chi connectivity index (χ2v) is 6.79. The first-order chi connectivity index (χ1) is 13.6. The van der Waals surface area contributed by atoms with E-state index in [1.165, 1.54) is 5.01 Å². The monoisotopic (exact) mass is 388 g/mol. The normalized spacial score (nSPS) is 21.3. The van der Waals surface area contributed by atoms with Gasteiger partial charge >= 0.3 is 6.03 Å². The molecular formula is C18H20N4O6. The smallest absolute Gasteiger partial charge is 0.358 e. The molecule has 4 amide bonds. The average molecular weight is 388 g/mol. The minimum atomic E-state index is -0.712. The molecule has 1 aromatic rings. The van der Waals surface area contributed by atoms with Crippen molar-refractivity contribution >= 4 is 24.1 Å². The zero-order valence-corrected chi connectivity index (χ0v) is 15.1. The third-order valence-corrected chi connectivity index (χ3v) is 4.93. The number of aldehydes is 1. The van der Waals surface area contributed by atoms with E-state index in [2.05, 4.69) is 5.43 Å². The minimum absolute atomic E-state index is 0.0230. The van der Waals surface area contributed by atoms with E-state index in [4.69, 9.17) is 9.47 Å².